The van der Waals surface area contributed by atoms with Gasteiger partial charge in [0, 0.05) is 13.0 Å². The van der Waals surface area contributed by atoms with Crippen molar-refractivity contribution in [2.24, 2.45) is 0 Å². The second-order valence-corrected chi connectivity index (χ2v) is 5.17. The van der Waals surface area contributed by atoms with Crippen LogP contribution in [0.4, 0.5) is 0 Å². The standard InChI is InChI=1S/C14H20N2O3/c1-4-14(3)13(18)16(8-7-12(17)15-14)10(2)11-6-5-9-19-11/h5-6,9-10H,4,7-8H2,1-3H3,(H,15,17). The topological polar surface area (TPSA) is 62.6 Å². The first-order chi connectivity index (χ1) is 8.98. The Morgan fingerprint density at radius 1 is 1.53 bits per heavy atom. The molecule has 2 rings (SSSR count). The Bertz CT molecular complexity index is 469. The number of nitrogens with one attached hydrogen (secondary N) is 1. The van der Waals surface area contributed by atoms with E-state index in [1.54, 1.807) is 24.2 Å². The molecule has 0 radical (unpaired) electrons. The second-order valence-electron chi connectivity index (χ2n) is 5.17. The average molecular weight is 264 g/mol. The summed E-state index contributed by atoms with van der Waals surface area (Å²) in [7, 11) is 0. The molecule has 0 bridgehead atoms. The maximum atomic E-state index is 12.7. The molecule has 1 fully saturated rings. The molecule has 1 aliphatic heterocycles. The Balaban J connectivity index is 2.29. The first-order valence-electron chi connectivity index (χ1n) is 6.63. The number of furan rings is 1. The maximum absolute atomic E-state index is 12.7. The molecule has 2 atom stereocenters. The van der Waals surface area contributed by atoms with Gasteiger partial charge in [-0.1, -0.05) is 6.92 Å². The zero-order valence-electron chi connectivity index (χ0n) is 11.6. The third kappa shape index (κ3) is 2.50. The van der Waals surface area contributed by atoms with E-state index in [1.807, 2.05) is 19.9 Å². The lowest BCUT2D eigenvalue weighted by molar-refractivity contribution is -0.140. The minimum Gasteiger partial charge on any atom is -0.467 e. The van der Waals surface area contributed by atoms with Crippen LogP contribution in [0.2, 0.25) is 0 Å². The summed E-state index contributed by atoms with van der Waals surface area (Å²) in [5, 5.41) is 2.82. The van der Waals surface area contributed by atoms with Gasteiger partial charge in [-0.25, -0.2) is 0 Å². The third-order valence-corrected chi connectivity index (χ3v) is 3.86. The van der Waals surface area contributed by atoms with Crippen LogP contribution in [-0.2, 0) is 9.59 Å². The van der Waals surface area contributed by atoms with Crippen LogP contribution in [0, 0.1) is 0 Å². The van der Waals surface area contributed by atoms with Crippen LogP contribution < -0.4 is 5.32 Å². The van der Waals surface area contributed by atoms with Crippen LogP contribution in [0.5, 0.6) is 0 Å². The molecule has 1 aromatic heterocycles. The molecule has 2 unspecified atom stereocenters. The van der Waals surface area contributed by atoms with E-state index in [0.717, 1.165) is 5.76 Å². The summed E-state index contributed by atoms with van der Waals surface area (Å²) in [5.41, 5.74) is -0.825. The number of carbonyl (C=O) groups is 2. The molecular formula is C14H20N2O3. The fourth-order valence-corrected chi connectivity index (χ4v) is 2.36. The van der Waals surface area contributed by atoms with Crippen molar-refractivity contribution in [3.63, 3.8) is 0 Å². The van der Waals surface area contributed by atoms with E-state index >= 15 is 0 Å². The van der Waals surface area contributed by atoms with Crippen molar-refractivity contribution in [3.8, 4) is 0 Å². The minimum absolute atomic E-state index is 0.0512. The normalized spacial score (nSPS) is 25.9. The van der Waals surface area contributed by atoms with Gasteiger partial charge in [0.15, 0.2) is 0 Å². The Kier molecular flexibility index (Phi) is 3.64. The van der Waals surface area contributed by atoms with Crippen molar-refractivity contribution in [2.45, 2.75) is 45.2 Å². The van der Waals surface area contributed by atoms with E-state index in [-0.39, 0.29) is 17.9 Å². The molecule has 1 aliphatic rings. The lowest BCUT2D eigenvalue weighted by Crippen LogP contribution is -2.55. The van der Waals surface area contributed by atoms with Crippen LogP contribution in [0.3, 0.4) is 0 Å². The molecule has 0 aromatic carbocycles. The Morgan fingerprint density at radius 2 is 2.26 bits per heavy atom. The first-order valence-corrected chi connectivity index (χ1v) is 6.63. The maximum Gasteiger partial charge on any atom is 0.248 e. The first kappa shape index (κ1) is 13.6. The number of amides is 2. The highest BCUT2D eigenvalue weighted by atomic mass is 16.3. The van der Waals surface area contributed by atoms with Gasteiger partial charge in [0.2, 0.25) is 11.8 Å². The summed E-state index contributed by atoms with van der Waals surface area (Å²) in [6.45, 7) is 6.02. The Hall–Kier alpha value is -1.78. The van der Waals surface area contributed by atoms with Crippen molar-refractivity contribution in [3.05, 3.63) is 24.2 Å². The highest BCUT2D eigenvalue weighted by molar-refractivity contribution is 5.93. The van der Waals surface area contributed by atoms with E-state index in [0.29, 0.717) is 19.4 Å². The molecule has 1 aromatic rings. The number of nitrogens with zero attached hydrogens (tertiary/aromatic N) is 1. The molecule has 2 heterocycles. The zero-order chi connectivity index (χ0) is 14.0. The Labute approximate surface area is 113 Å². The second kappa shape index (κ2) is 5.07. The molecule has 0 saturated carbocycles. The molecule has 1 N–H and O–H groups in total. The van der Waals surface area contributed by atoms with Gasteiger partial charge in [-0.2, -0.15) is 0 Å². The van der Waals surface area contributed by atoms with Gasteiger partial charge in [-0.05, 0) is 32.4 Å². The summed E-state index contributed by atoms with van der Waals surface area (Å²) in [6, 6.07) is 3.49. The third-order valence-electron chi connectivity index (χ3n) is 3.86. The van der Waals surface area contributed by atoms with Crippen molar-refractivity contribution in [2.75, 3.05) is 6.54 Å². The highest BCUT2D eigenvalue weighted by Gasteiger charge is 2.41. The van der Waals surface area contributed by atoms with Crippen molar-refractivity contribution >= 4 is 11.8 Å². The van der Waals surface area contributed by atoms with Gasteiger partial charge in [0.25, 0.3) is 0 Å². The summed E-state index contributed by atoms with van der Waals surface area (Å²) in [4.78, 5) is 26.1. The van der Waals surface area contributed by atoms with E-state index in [2.05, 4.69) is 5.32 Å². The van der Waals surface area contributed by atoms with Gasteiger partial charge in [-0.15, -0.1) is 0 Å². The van der Waals surface area contributed by atoms with Gasteiger partial charge in [-0.3, -0.25) is 9.59 Å². The van der Waals surface area contributed by atoms with E-state index in [1.165, 1.54) is 0 Å². The number of hydrogen-bond acceptors (Lipinski definition) is 3. The van der Waals surface area contributed by atoms with Crippen molar-refractivity contribution in [1.29, 1.82) is 0 Å². The monoisotopic (exact) mass is 264 g/mol. The molecule has 0 aliphatic carbocycles. The minimum atomic E-state index is -0.825. The molecule has 19 heavy (non-hydrogen) atoms. The molecule has 1 saturated heterocycles. The fraction of sp³-hybridized carbons (Fsp3) is 0.571. The van der Waals surface area contributed by atoms with Crippen LogP contribution in [-0.4, -0.2) is 28.8 Å². The molecule has 0 spiro atoms. The molecule has 104 valence electrons. The van der Waals surface area contributed by atoms with Gasteiger partial charge >= 0.3 is 0 Å². The van der Waals surface area contributed by atoms with Crippen molar-refractivity contribution < 1.29 is 14.0 Å². The van der Waals surface area contributed by atoms with Crippen LogP contribution >= 0.6 is 0 Å². The summed E-state index contributed by atoms with van der Waals surface area (Å²) >= 11 is 0. The predicted octanol–water partition coefficient (Wildman–Crippen LogP) is 1.86. The number of carbonyl (C=O) groups excluding carboxylic acids is 2. The average Bonchev–Trinajstić information content (AvgIpc) is 2.88. The van der Waals surface area contributed by atoms with Crippen LogP contribution in [0.1, 0.15) is 45.4 Å². The Morgan fingerprint density at radius 3 is 2.84 bits per heavy atom. The number of hydrogen-bond donors (Lipinski definition) is 1. The van der Waals surface area contributed by atoms with Gasteiger partial charge in [0.1, 0.15) is 11.3 Å². The largest absolute Gasteiger partial charge is 0.467 e. The quantitative estimate of drug-likeness (QED) is 0.906. The molecular weight excluding hydrogens is 244 g/mol. The molecule has 5 nitrogen and oxygen atoms in total. The fourth-order valence-electron chi connectivity index (χ4n) is 2.36. The lowest BCUT2D eigenvalue weighted by atomic mass is 9.96. The van der Waals surface area contributed by atoms with Crippen LogP contribution in [0.15, 0.2) is 22.8 Å². The molecule has 2 amide bonds. The van der Waals surface area contributed by atoms with E-state index in [9.17, 15) is 9.59 Å². The smallest absolute Gasteiger partial charge is 0.248 e. The van der Waals surface area contributed by atoms with Crippen molar-refractivity contribution in [1.82, 2.24) is 10.2 Å². The molecule has 5 heteroatoms. The predicted molar refractivity (Wildman–Crippen MR) is 70.3 cm³/mol. The summed E-state index contributed by atoms with van der Waals surface area (Å²) < 4.78 is 5.37. The van der Waals surface area contributed by atoms with Gasteiger partial charge in [0.05, 0.1) is 12.3 Å². The van der Waals surface area contributed by atoms with Gasteiger partial charge < -0.3 is 14.6 Å². The summed E-state index contributed by atoms with van der Waals surface area (Å²) in [6.07, 6.45) is 2.49. The van der Waals surface area contributed by atoms with E-state index in [4.69, 9.17) is 4.42 Å². The number of rotatable bonds is 3. The zero-order valence-corrected chi connectivity index (χ0v) is 11.6. The van der Waals surface area contributed by atoms with Crippen LogP contribution in [0.25, 0.3) is 0 Å². The SMILES string of the molecule is CCC1(C)NC(=O)CCN(C(C)c2ccco2)C1=O. The lowest BCUT2D eigenvalue weighted by Gasteiger charge is -2.34. The van der Waals surface area contributed by atoms with E-state index < -0.39 is 5.54 Å². The summed E-state index contributed by atoms with van der Waals surface area (Å²) in [5.74, 6) is 0.609. The highest BCUT2D eigenvalue weighted by Crippen LogP contribution is 2.27.